The SMILES string of the molecule is COC(=O)c1c(NC(=O)CN2C(=O)N[C@@]3(CCSC3)C2=O)sc2c1CCCC2. The maximum atomic E-state index is 12.7. The number of thiophene rings is 1. The number of thioether (sulfide) groups is 1. The predicted octanol–water partition coefficient (Wildman–Crippen LogP) is 1.78. The minimum atomic E-state index is -0.874. The lowest BCUT2D eigenvalue weighted by molar-refractivity contribution is -0.133. The highest BCUT2D eigenvalue weighted by molar-refractivity contribution is 7.99. The predicted molar refractivity (Wildman–Crippen MR) is 106 cm³/mol. The summed E-state index contributed by atoms with van der Waals surface area (Å²) >= 11 is 2.98. The van der Waals surface area contributed by atoms with Crippen LogP contribution in [0.15, 0.2) is 0 Å². The van der Waals surface area contributed by atoms with Crippen molar-refractivity contribution in [2.24, 2.45) is 0 Å². The molecule has 28 heavy (non-hydrogen) atoms. The maximum Gasteiger partial charge on any atom is 0.341 e. The molecule has 3 aliphatic rings. The first-order chi connectivity index (χ1) is 13.4. The van der Waals surface area contributed by atoms with E-state index in [1.54, 1.807) is 11.8 Å². The Morgan fingerprint density at radius 1 is 1.29 bits per heavy atom. The number of anilines is 1. The number of amides is 4. The highest BCUT2D eigenvalue weighted by Crippen LogP contribution is 2.39. The zero-order valence-electron chi connectivity index (χ0n) is 15.5. The molecule has 0 saturated carbocycles. The average molecular weight is 424 g/mol. The van der Waals surface area contributed by atoms with Crippen molar-refractivity contribution in [1.29, 1.82) is 0 Å². The number of ether oxygens (including phenoxy) is 1. The van der Waals surface area contributed by atoms with Crippen molar-refractivity contribution in [3.05, 3.63) is 16.0 Å². The number of urea groups is 1. The van der Waals surface area contributed by atoms with Gasteiger partial charge in [-0.25, -0.2) is 9.59 Å². The van der Waals surface area contributed by atoms with Gasteiger partial charge < -0.3 is 15.4 Å². The number of imide groups is 1. The van der Waals surface area contributed by atoms with Gasteiger partial charge in [0.2, 0.25) is 5.91 Å². The van der Waals surface area contributed by atoms with Crippen molar-refractivity contribution in [2.75, 3.05) is 30.5 Å². The highest BCUT2D eigenvalue weighted by Gasteiger charge is 2.53. The Labute approximate surface area is 170 Å². The third-order valence-corrected chi connectivity index (χ3v) is 7.78. The van der Waals surface area contributed by atoms with Crippen molar-refractivity contribution >= 4 is 51.9 Å². The molecule has 0 radical (unpaired) electrons. The van der Waals surface area contributed by atoms with E-state index >= 15 is 0 Å². The van der Waals surface area contributed by atoms with Gasteiger partial charge >= 0.3 is 12.0 Å². The molecule has 1 aromatic rings. The van der Waals surface area contributed by atoms with Crippen molar-refractivity contribution < 1.29 is 23.9 Å². The van der Waals surface area contributed by atoms with E-state index in [0.717, 1.165) is 46.8 Å². The van der Waals surface area contributed by atoms with Gasteiger partial charge in [-0.15, -0.1) is 11.3 Å². The Kier molecular flexibility index (Phi) is 5.09. The smallest absolute Gasteiger partial charge is 0.341 e. The first-order valence-electron chi connectivity index (χ1n) is 9.20. The molecule has 2 aliphatic heterocycles. The van der Waals surface area contributed by atoms with E-state index in [9.17, 15) is 19.2 Å². The molecule has 4 amide bonds. The van der Waals surface area contributed by atoms with Crippen LogP contribution in [-0.4, -0.2) is 59.4 Å². The standard InChI is InChI=1S/C18H21N3O5S2/c1-26-15(23)13-10-4-2-3-5-11(10)28-14(13)19-12(22)8-21-16(24)18(20-17(21)25)6-7-27-9-18/h2-9H2,1H3,(H,19,22)(H,20,25)/t18-/m1/s1. The summed E-state index contributed by atoms with van der Waals surface area (Å²) in [6.45, 7) is -0.375. The second kappa shape index (κ2) is 7.40. The lowest BCUT2D eigenvalue weighted by Gasteiger charge is -2.19. The number of nitrogens with one attached hydrogen (secondary N) is 2. The molecule has 1 spiro atoms. The molecule has 10 heteroatoms. The monoisotopic (exact) mass is 423 g/mol. The van der Waals surface area contributed by atoms with Gasteiger partial charge in [0.25, 0.3) is 5.91 Å². The quantitative estimate of drug-likeness (QED) is 0.565. The molecule has 1 aliphatic carbocycles. The minimum absolute atomic E-state index is 0.351. The normalized spacial score (nSPS) is 23.7. The van der Waals surface area contributed by atoms with Crippen LogP contribution in [0.5, 0.6) is 0 Å². The summed E-state index contributed by atoms with van der Waals surface area (Å²) in [7, 11) is 1.31. The van der Waals surface area contributed by atoms with Crippen LogP contribution in [0.2, 0.25) is 0 Å². The fourth-order valence-electron chi connectivity index (χ4n) is 3.93. The fraction of sp³-hybridized carbons (Fsp3) is 0.556. The summed E-state index contributed by atoms with van der Waals surface area (Å²) < 4.78 is 4.90. The fourth-order valence-corrected chi connectivity index (χ4v) is 6.55. The average Bonchev–Trinajstić information content (AvgIpc) is 3.34. The van der Waals surface area contributed by atoms with Crippen molar-refractivity contribution in [1.82, 2.24) is 10.2 Å². The Morgan fingerprint density at radius 2 is 2.07 bits per heavy atom. The van der Waals surface area contributed by atoms with Gasteiger partial charge in [0.05, 0.1) is 12.7 Å². The molecule has 150 valence electrons. The number of hydrogen-bond donors (Lipinski definition) is 2. The number of fused-ring (bicyclic) bond motifs is 1. The molecule has 0 unspecified atom stereocenters. The number of nitrogens with zero attached hydrogens (tertiary/aromatic N) is 1. The number of aryl methyl sites for hydroxylation is 1. The summed E-state index contributed by atoms with van der Waals surface area (Å²) in [6.07, 6.45) is 4.25. The second-order valence-corrected chi connectivity index (χ2v) is 9.37. The molecule has 0 aromatic carbocycles. The molecule has 0 bridgehead atoms. The number of carbonyl (C=O) groups excluding carboxylic acids is 4. The largest absolute Gasteiger partial charge is 0.465 e. The molecular formula is C18H21N3O5S2. The Hall–Kier alpha value is -2.07. The van der Waals surface area contributed by atoms with E-state index in [4.69, 9.17) is 4.74 Å². The number of carbonyl (C=O) groups is 4. The molecule has 2 fully saturated rings. The van der Waals surface area contributed by atoms with Crippen molar-refractivity contribution in [3.63, 3.8) is 0 Å². The van der Waals surface area contributed by atoms with E-state index in [-0.39, 0.29) is 12.5 Å². The van der Waals surface area contributed by atoms with Crippen LogP contribution >= 0.6 is 23.1 Å². The number of esters is 1. The molecule has 1 atom stereocenters. The molecule has 1 aromatic heterocycles. The van der Waals surface area contributed by atoms with Crippen LogP contribution in [0.4, 0.5) is 9.80 Å². The summed E-state index contributed by atoms with van der Waals surface area (Å²) in [5, 5.41) is 5.90. The summed E-state index contributed by atoms with van der Waals surface area (Å²) in [5.74, 6) is -0.00679. The highest BCUT2D eigenvalue weighted by atomic mass is 32.2. The van der Waals surface area contributed by atoms with Gasteiger partial charge in [-0.3, -0.25) is 14.5 Å². The lowest BCUT2D eigenvalue weighted by atomic mass is 9.95. The van der Waals surface area contributed by atoms with Crippen molar-refractivity contribution in [3.8, 4) is 0 Å². The van der Waals surface area contributed by atoms with Gasteiger partial charge in [0, 0.05) is 10.6 Å². The van der Waals surface area contributed by atoms with E-state index in [1.807, 2.05) is 0 Å². The minimum Gasteiger partial charge on any atom is -0.465 e. The van der Waals surface area contributed by atoms with E-state index in [2.05, 4.69) is 10.6 Å². The topological polar surface area (TPSA) is 105 Å². The van der Waals surface area contributed by atoms with Crippen LogP contribution in [0.1, 0.15) is 40.1 Å². The molecule has 2 N–H and O–H groups in total. The van der Waals surface area contributed by atoms with Gasteiger partial charge in [-0.1, -0.05) is 0 Å². The zero-order valence-corrected chi connectivity index (χ0v) is 17.1. The zero-order chi connectivity index (χ0) is 19.9. The van der Waals surface area contributed by atoms with Gasteiger partial charge in [-0.2, -0.15) is 11.8 Å². The molecule has 3 heterocycles. The van der Waals surface area contributed by atoms with E-state index < -0.39 is 23.4 Å². The maximum absolute atomic E-state index is 12.7. The van der Waals surface area contributed by atoms with Crippen LogP contribution in [0, 0.1) is 0 Å². The third kappa shape index (κ3) is 3.18. The van der Waals surface area contributed by atoms with Gasteiger partial charge in [0.15, 0.2) is 0 Å². The third-order valence-electron chi connectivity index (χ3n) is 5.38. The Balaban J connectivity index is 1.51. The molecule has 8 nitrogen and oxygen atoms in total. The molecule has 2 saturated heterocycles. The van der Waals surface area contributed by atoms with E-state index in [0.29, 0.717) is 22.7 Å². The number of methoxy groups -OCH3 is 1. The van der Waals surface area contributed by atoms with Crippen LogP contribution < -0.4 is 10.6 Å². The van der Waals surface area contributed by atoms with Gasteiger partial charge in [0.1, 0.15) is 17.1 Å². The van der Waals surface area contributed by atoms with Crippen molar-refractivity contribution in [2.45, 2.75) is 37.6 Å². The Bertz CT molecular complexity index is 860. The second-order valence-electron chi connectivity index (χ2n) is 7.16. The molecular weight excluding hydrogens is 402 g/mol. The summed E-state index contributed by atoms with van der Waals surface area (Å²) in [6, 6.07) is -0.540. The van der Waals surface area contributed by atoms with Crippen LogP contribution in [-0.2, 0) is 27.2 Å². The van der Waals surface area contributed by atoms with Crippen LogP contribution in [0.3, 0.4) is 0 Å². The first-order valence-corrected chi connectivity index (χ1v) is 11.2. The molecule has 4 rings (SSSR count). The summed E-state index contributed by atoms with van der Waals surface area (Å²) in [4.78, 5) is 51.9. The Morgan fingerprint density at radius 3 is 2.79 bits per heavy atom. The lowest BCUT2D eigenvalue weighted by Crippen LogP contribution is -2.47. The van der Waals surface area contributed by atoms with Gasteiger partial charge in [-0.05, 0) is 43.4 Å². The first kappa shape index (κ1) is 19.3. The van der Waals surface area contributed by atoms with Crippen LogP contribution in [0.25, 0.3) is 0 Å². The van der Waals surface area contributed by atoms with E-state index in [1.165, 1.54) is 18.4 Å². The number of hydrogen-bond acceptors (Lipinski definition) is 7. The summed E-state index contributed by atoms with van der Waals surface area (Å²) in [5.41, 5.74) is 0.466. The number of rotatable bonds is 4.